The SMILES string of the molecule is COc1ccc(CNC2CCC(C)C2)cc1O. The van der Waals surface area contributed by atoms with Gasteiger partial charge in [0.2, 0.25) is 0 Å². The largest absolute Gasteiger partial charge is 0.504 e. The van der Waals surface area contributed by atoms with Crippen molar-refractivity contribution in [3.05, 3.63) is 23.8 Å². The fourth-order valence-corrected chi connectivity index (χ4v) is 2.50. The number of aromatic hydroxyl groups is 1. The predicted molar refractivity (Wildman–Crippen MR) is 68.3 cm³/mol. The van der Waals surface area contributed by atoms with Gasteiger partial charge in [-0.3, -0.25) is 0 Å². The molecule has 1 fully saturated rings. The minimum atomic E-state index is 0.214. The van der Waals surface area contributed by atoms with E-state index in [4.69, 9.17) is 4.74 Å². The third kappa shape index (κ3) is 3.13. The van der Waals surface area contributed by atoms with E-state index >= 15 is 0 Å². The molecule has 17 heavy (non-hydrogen) atoms. The second kappa shape index (κ2) is 5.41. The van der Waals surface area contributed by atoms with Crippen LogP contribution in [-0.2, 0) is 6.54 Å². The zero-order valence-electron chi connectivity index (χ0n) is 10.6. The molecule has 1 aromatic rings. The Bertz CT molecular complexity index is 378. The lowest BCUT2D eigenvalue weighted by Crippen LogP contribution is -2.25. The van der Waals surface area contributed by atoms with Gasteiger partial charge in [-0.2, -0.15) is 0 Å². The summed E-state index contributed by atoms with van der Waals surface area (Å²) in [6.07, 6.45) is 3.86. The summed E-state index contributed by atoms with van der Waals surface area (Å²) in [5, 5.41) is 13.2. The van der Waals surface area contributed by atoms with Gasteiger partial charge in [0.1, 0.15) is 0 Å². The van der Waals surface area contributed by atoms with Gasteiger partial charge in [0.15, 0.2) is 11.5 Å². The van der Waals surface area contributed by atoms with E-state index in [1.165, 1.54) is 19.3 Å². The van der Waals surface area contributed by atoms with Crippen molar-refractivity contribution < 1.29 is 9.84 Å². The van der Waals surface area contributed by atoms with Crippen LogP contribution in [0.2, 0.25) is 0 Å². The van der Waals surface area contributed by atoms with Crippen LogP contribution < -0.4 is 10.1 Å². The van der Waals surface area contributed by atoms with Crippen LogP contribution in [0.15, 0.2) is 18.2 Å². The summed E-state index contributed by atoms with van der Waals surface area (Å²) in [7, 11) is 1.56. The Hall–Kier alpha value is -1.22. The molecule has 94 valence electrons. The van der Waals surface area contributed by atoms with Crippen molar-refractivity contribution >= 4 is 0 Å². The van der Waals surface area contributed by atoms with Crippen molar-refractivity contribution in [1.29, 1.82) is 0 Å². The van der Waals surface area contributed by atoms with E-state index in [0.29, 0.717) is 11.8 Å². The second-order valence-electron chi connectivity index (χ2n) is 5.00. The van der Waals surface area contributed by atoms with Crippen LogP contribution in [0.1, 0.15) is 31.7 Å². The smallest absolute Gasteiger partial charge is 0.160 e. The number of phenolic OH excluding ortho intramolecular Hbond substituents is 1. The quantitative estimate of drug-likeness (QED) is 0.843. The van der Waals surface area contributed by atoms with Crippen molar-refractivity contribution in [1.82, 2.24) is 5.32 Å². The van der Waals surface area contributed by atoms with E-state index in [1.54, 1.807) is 13.2 Å². The first-order valence-electron chi connectivity index (χ1n) is 6.28. The van der Waals surface area contributed by atoms with Crippen LogP contribution >= 0.6 is 0 Å². The molecule has 3 nitrogen and oxygen atoms in total. The summed E-state index contributed by atoms with van der Waals surface area (Å²) in [6, 6.07) is 6.20. The molecule has 0 saturated heterocycles. The highest BCUT2D eigenvalue weighted by atomic mass is 16.5. The summed E-state index contributed by atoms with van der Waals surface area (Å²) in [4.78, 5) is 0. The summed E-state index contributed by atoms with van der Waals surface area (Å²) in [5.41, 5.74) is 1.10. The predicted octanol–water partition coefficient (Wildman–Crippen LogP) is 2.68. The van der Waals surface area contributed by atoms with E-state index in [9.17, 15) is 5.11 Å². The van der Waals surface area contributed by atoms with Gasteiger partial charge < -0.3 is 15.2 Å². The Morgan fingerprint density at radius 2 is 2.24 bits per heavy atom. The third-order valence-electron chi connectivity index (χ3n) is 3.53. The van der Waals surface area contributed by atoms with Crippen molar-refractivity contribution in [3.63, 3.8) is 0 Å². The lowest BCUT2D eigenvalue weighted by Gasteiger charge is -2.13. The fraction of sp³-hybridized carbons (Fsp3) is 0.571. The van der Waals surface area contributed by atoms with Crippen LogP contribution in [0.5, 0.6) is 11.5 Å². The molecule has 0 aliphatic heterocycles. The van der Waals surface area contributed by atoms with Gasteiger partial charge in [-0.05, 0) is 42.9 Å². The third-order valence-corrected chi connectivity index (χ3v) is 3.53. The Labute approximate surface area is 103 Å². The molecule has 2 rings (SSSR count). The average molecular weight is 235 g/mol. The number of rotatable bonds is 4. The molecule has 0 spiro atoms. The lowest BCUT2D eigenvalue weighted by atomic mass is 10.1. The molecular formula is C14H21NO2. The molecule has 2 N–H and O–H groups in total. The van der Waals surface area contributed by atoms with Crippen LogP contribution in [-0.4, -0.2) is 18.3 Å². The molecule has 1 saturated carbocycles. The number of hydrogen-bond acceptors (Lipinski definition) is 3. The van der Waals surface area contributed by atoms with Crippen molar-refractivity contribution in [2.45, 2.75) is 38.8 Å². The van der Waals surface area contributed by atoms with Gasteiger partial charge in [0.05, 0.1) is 7.11 Å². The summed E-state index contributed by atoms with van der Waals surface area (Å²) in [6.45, 7) is 3.12. The summed E-state index contributed by atoms with van der Waals surface area (Å²) >= 11 is 0. The van der Waals surface area contributed by atoms with E-state index < -0.39 is 0 Å². The first-order chi connectivity index (χ1) is 8.19. The van der Waals surface area contributed by atoms with E-state index in [-0.39, 0.29) is 5.75 Å². The molecular weight excluding hydrogens is 214 g/mol. The van der Waals surface area contributed by atoms with Crippen molar-refractivity contribution in [2.24, 2.45) is 5.92 Å². The molecule has 0 heterocycles. The highest BCUT2D eigenvalue weighted by Gasteiger charge is 2.20. The Morgan fingerprint density at radius 3 is 2.82 bits per heavy atom. The monoisotopic (exact) mass is 235 g/mol. The highest BCUT2D eigenvalue weighted by Crippen LogP contribution is 2.27. The molecule has 0 amide bonds. The first-order valence-corrected chi connectivity index (χ1v) is 6.28. The zero-order chi connectivity index (χ0) is 12.3. The van der Waals surface area contributed by atoms with Gasteiger partial charge in [-0.1, -0.05) is 13.0 Å². The average Bonchev–Trinajstić information content (AvgIpc) is 2.73. The minimum absolute atomic E-state index is 0.214. The lowest BCUT2D eigenvalue weighted by molar-refractivity contribution is 0.372. The molecule has 0 aromatic heterocycles. The number of ether oxygens (including phenoxy) is 1. The standard InChI is InChI=1S/C14H21NO2/c1-10-3-5-12(7-10)15-9-11-4-6-14(17-2)13(16)8-11/h4,6,8,10,12,15-16H,3,5,7,9H2,1-2H3. The maximum atomic E-state index is 9.67. The topological polar surface area (TPSA) is 41.5 Å². The van der Waals surface area contributed by atoms with Crippen LogP contribution in [0, 0.1) is 5.92 Å². The van der Waals surface area contributed by atoms with E-state index in [2.05, 4.69) is 12.2 Å². The van der Waals surface area contributed by atoms with Gasteiger partial charge >= 0.3 is 0 Å². The Morgan fingerprint density at radius 1 is 1.41 bits per heavy atom. The van der Waals surface area contributed by atoms with E-state index in [0.717, 1.165) is 18.0 Å². The molecule has 2 unspecified atom stereocenters. The number of benzene rings is 1. The Balaban J connectivity index is 1.88. The zero-order valence-corrected chi connectivity index (χ0v) is 10.6. The minimum Gasteiger partial charge on any atom is -0.504 e. The van der Waals surface area contributed by atoms with Crippen molar-refractivity contribution in [2.75, 3.05) is 7.11 Å². The summed E-state index contributed by atoms with van der Waals surface area (Å²) in [5.74, 6) is 1.59. The molecule has 1 aliphatic rings. The molecule has 0 radical (unpaired) electrons. The van der Waals surface area contributed by atoms with Crippen LogP contribution in [0.4, 0.5) is 0 Å². The number of nitrogens with one attached hydrogen (secondary N) is 1. The van der Waals surface area contributed by atoms with Gasteiger partial charge in [-0.25, -0.2) is 0 Å². The number of methoxy groups -OCH3 is 1. The summed E-state index contributed by atoms with van der Waals surface area (Å²) < 4.78 is 5.02. The molecule has 1 aliphatic carbocycles. The fourth-order valence-electron chi connectivity index (χ4n) is 2.50. The first kappa shape index (κ1) is 12.2. The molecule has 0 bridgehead atoms. The number of phenols is 1. The molecule has 3 heteroatoms. The van der Waals surface area contributed by atoms with Gasteiger partial charge in [0, 0.05) is 12.6 Å². The maximum absolute atomic E-state index is 9.67. The van der Waals surface area contributed by atoms with Gasteiger partial charge in [-0.15, -0.1) is 0 Å². The number of hydrogen-bond donors (Lipinski definition) is 2. The van der Waals surface area contributed by atoms with Gasteiger partial charge in [0.25, 0.3) is 0 Å². The van der Waals surface area contributed by atoms with Crippen LogP contribution in [0.3, 0.4) is 0 Å². The van der Waals surface area contributed by atoms with Crippen LogP contribution in [0.25, 0.3) is 0 Å². The maximum Gasteiger partial charge on any atom is 0.160 e. The molecule has 1 aromatic carbocycles. The highest BCUT2D eigenvalue weighted by molar-refractivity contribution is 5.41. The second-order valence-corrected chi connectivity index (χ2v) is 5.00. The van der Waals surface area contributed by atoms with E-state index in [1.807, 2.05) is 12.1 Å². The molecule has 2 atom stereocenters. The Kier molecular flexibility index (Phi) is 3.89. The van der Waals surface area contributed by atoms with Crippen molar-refractivity contribution in [3.8, 4) is 11.5 Å². The normalized spacial score (nSPS) is 23.9.